The van der Waals surface area contributed by atoms with Crippen LogP contribution in [0, 0.1) is 0 Å². The van der Waals surface area contributed by atoms with Gasteiger partial charge in [-0.25, -0.2) is 0 Å². The first-order valence-electron chi connectivity index (χ1n) is 6.91. The Hall–Kier alpha value is -1.10. The van der Waals surface area contributed by atoms with Gasteiger partial charge in [0, 0.05) is 25.7 Å². The molecule has 1 aliphatic rings. The average molecular weight is 264 g/mol. The minimum absolute atomic E-state index is 0.187. The highest BCUT2D eigenvalue weighted by Gasteiger charge is 2.24. The van der Waals surface area contributed by atoms with Crippen LogP contribution < -0.4 is 10.5 Å². The summed E-state index contributed by atoms with van der Waals surface area (Å²) in [7, 11) is 1.69. The van der Waals surface area contributed by atoms with Crippen molar-refractivity contribution in [3.8, 4) is 5.75 Å². The Morgan fingerprint density at radius 2 is 2.11 bits per heavy atom. The van der Waals surface area contributed by atoms with E-state index in [1.807, 2.05) is 12.1 Å². The van der Waals surface area contributed by atoms with Crippen molar-refractivity contribution in [3.63, 3.8) is 0 Å². The summed E-state index contributed by atoms with van der Waals surface area (Å²) in [6.07, 6.45) is 1.23. The minimum atomic E-state index is 0.187. The molecule has 19 heavy (non-hydrogen) atoms. The van der Waals surface area contributed by atoms with Crippen molar-refractivity contribution in [2.45, 2.75) is 25.5 Å². The normalized spacial score (nSPS) is 24.4. The molecule has 2 N–H and O–H groups in total. The highest BCUT2D eigenvalue weighted by atomic mass is 16.5. The van der Waals surface area contributed by atoms with Gasteiger partial charge in [-0.15, -0.1) is 0 Å². The average Bonchev–Trinajstić information content (AvgIpc) is 2.47. The van der Waals surface area contributed by atoms with Gasteiger partial charge in [0.2, 0.25) is 0 Å². The van der Waals surface area contributed by atoms with Gasteiger partial charge in [-0.2, -0.15) is 0 Å². The Morgan fingerprint density at radius 3 is 2.74 bits per heavy atom. The number of nitrogens with zero attached hydrogens (tertiary/aromatic N) is 1. The van der Waals surface area contributed by atoms with Gasteiger partial charge in [0.05, 0.1) is 19.8 Å². The molecule has 0 saturated carbocycles. The van der Waals surface area contributed by atoms with Crippen molar-refractivity contribution >= 4 is 0 Å². The summed E-state index contributed by atoms with van der Waals surface area (Å²) in [6, 6.07) is 8.76. The maximum Gasteiger partial charge on any atom is 0.118 e. The van der Waals surface area contributed by atoms with Crippen molar-refractivity contribution in [1.82, 2.24) is 4.90 Å². The number of hydrogen-bond acceptors (Lipinski definition) is 4. The van der Waals surface area contributed by atoms with E-state index in [1.54, 1.807) is 7.11 Å². The van der Waals surface area contributed by atoms with Gasteiger partial charge >= 0.3 is 0 Å². The van der Waals surface area contributed by atoms with E-state index >= 15 is 0 Å². The zero-order valence-electron chi connectivity index (χ0n) is 11.8. The van der Waals surface area contributed by atoms with E-state index in [2.05, 4.69) is 24.0 Å². The number of rotatable bonds is 5. The molecular weight excluding hydrogens is 240 g/mol. The van der Waals surface area contributed by atoms with Gasteiger partial charge < -0.3 is 15.2 Å². The molecular formula is C15H24N2O2. The largest absolute Gasteiger partial charge is 0.497 e. The van der Waals surface area contributed by atoms with Crippen LogP contribution in [0.1, 0.15) is 12.5 Å². The van der Waals surface area contributed by atoms with E-state index in [0.717, 1.165) is 31.9 Å². The quantitative estimate of drug-likeness (QED) is 0.870. The van der Waals surface area contributed by atoms with Crippen LogP contribution in [0.25, 0.3) is 0 Å². The Balaban J connectivity index is 1.85. The molecule has 1 heterocycles. The molecule has 1 fully saturated rings. The summed E-state index contributed by atoms with van der Waals surface area (Å²) >= 11 is 0. The molecule has 1 aromatic carbocycles. The summed E-state index contributed by atoms with van der Waals surface area (Å²) in [5.41, 5.74) is 7.02. The number of methoxy groups -OCH3 is 1. The monoisotopic (exact) mass is 264 g/mol. The van der Waals surface area contributed by atoms with Crippen LogP contribution in [0.5, 0.6) is 5.75 Å². The molecule has 1 saturated heterocycles. The second-order valence-electron chi connectivity index (χ2n) is 5.13. The van der Waals surface area contributed by atoms with Crippen molar-refractivity contribution in [2.75, 3.05) is 33.4 Å². The molecule has 0 aromatic heterocycles. The summed E-state index contributed by atoms with van der Waals surface area (Å²) in [4.78, 5) is 2.46. The molecule has 0 amide bonds. The number of hydrogen-bond donors (Lipinski definition) is 1. The van der Waals surface area contributed by atoms with Gasteiger partial charge in [0.1, 0.15) is 5.75 Å². The third-order valence-electron chi connectivity index (χ3n) is 3.74. The van der Waals surface area contributed by atoms with Crippen LogP contribution in [-0.4, -0.2) is 50.4 Å². The molecule has 4 nitrogen and oxygen atoms in total. The predicted molar refractivity (Wildman–Crippen MR) is 76.5 cm³/mol. The summed E-state index contributed by atoms with van der Waals surface area (Å²) in [6.45, 7) is 5.58. The smallest absolute Gasteiger partial charge is 0.118 e. The molecule has 2 unspecified atom stereocenters. The molecule has 4 heteroatoms. The third-order valence-corrected chi connectivity index (χ3v) is 3.74. The SMILES string of the molecule is COc1ccc(CCN2CC(CN)OCC2C)cc1. The first kappa shape index (κ1) is 14.3. The van der Waals surface area contributed by atoms with Gasteiger partial charge in [-0.3, -0.25) is 4.90 Å². The van der Waals surface area contributed by atoms with Crippen molar-refractivity contribution < 1.29 is 9.47 Å². The van der Waals surface area contributed by atoms with Gasteiger partial charge in [-0.1, -0.05) is 12.1 Å². The number of ether oxygens (including phenoxy) is 2. The highest BCUT2D eigenvalue weighted by Crippen LogP contribution is 2.15. The molecule has 0 radical (unpaired) electrons. The van der Waals surface area contributed by atoms with Crippen LogP contribution in [0.4, 0.5) is 0 Å². The summed E-state index contributed by atoms with van der Waals surface area (Å²) < 4.78 is 10.8. The van der Waals surface area contributed by atoms with E-state index in [9.17, 15) is 0 Å². The van der Waals surface area contributed by atoms with E-state index in [0.29, 0.717) is 12.6 Å². The first-order valence-corrected chi connectivity index (χ1v) is 6.91. The standard InChI is InChI=1S/C15H24N2O2/c1-12-11-19-15(9-16)10-17(12)8-7-13-3-5-14(18-2)6-4-13/h3-6,12,15H,7-11,16H2,1-2H3. The fraction of sp³-hybridized carbons (Fsp3) is 0.600. The molecule has 0 spiro atoms. The number of nitrogens with two attached hydrogens (primary N) is 1. The van der Waals surface area contributed by atoms with E-state index < -0.39 is 0 Å². The van der Waals surface area contributed by atoms with Gasteiger partial charge in [0.25, 0.3) is 0 Å². The zero-order chi connectivity index (χ0) is 13.7. The minimum Gasteiger partial charge on any atom is -0.497 e. The number of benzene rings is 1. The molecule has 1 aromatic rings. The molecule has 2 atom stereocenters. The topological polar surface area (TPSA) is 47.7 Å². The Labute approximate surface area is 115 Å². The zero-order valence-corrected chi connectivity index (χ0v) is 11.8. The molecule has 0 bridgehead atoms. The van der Waals surface area contributed by atoms with Crippen LogP contribution in [0.15, 0.2) is 24.3 Å². The third kappa shape index (κ3) is 3.93. The van der Waals surface area contributed by atoms with Gasteiger partial charge in [0.15, 0.2) is 0 Å². The van der Waals surface area contributed by atoms with Crippen molar-refractivity contribution in [3.05, 3.63) is 29.8 Å². The van der Waals surface area contributed by atoms with Crippen molar-refractivity contribution in [1.29, 1.82) is 0 Å². The lowest BCUT2D eigenvalue weighted by molar-refractivity contribution is -0.0529. The Kier molecular flexibility index (Phi) is 5.19. The summed E-state index contributed by atoms with van der Waals surface area (Å²) in [5.74, 6) is 0.909. The summed E-state index contributed by atoms with van der Waals surface area (Å²) in [5, 5.41) is 0. The second kappa shape index (κ2) is 6.89. The highest BCUT2D eigenvalue weighted by molar-refractivity contribution is 5.27. The number of morpholine rings is 1. The fourth-order valence-corrected chi connectivity index (χ4v) is 2.39. The Bertz CT molecular complexity index is 380. The first-order chi connectivity index (χ1) is 9.22. The predicted octanol–water partition coefficient (Wildman–Crippen LogP) is 1.29. The molecule has 0 aliphatic carbocycles. The van der Waals surface area contributed by atoms with Gasteiger partial charge in [-0.05, 0) is 31.0 Å². The van der Waals surface area contributed by atoms with E-state index in [4.69, 9.17) is 15.2 Å². The second-order valence-corrected chi connectivity index (χ2v) is 5.13. The maximum atomic E-state index is 5.68. The van der Waals surface area contributed by atoms with Crippen LogP contribution >= 0.6 is 0 Å². The van der Waals surface area contributed by atoms with Crippen LogP contribution in [0.2, 0.25) is 0 Å². The molecule has 106 valence electrons. The lowest BCUT2D eigenvalue weighted by atomic mass is 10.1. The molecule has 1 aliphatic heterocycles. The van der Waals surface area contributed by atoms with E-state index in [-0.39, 0.29) is 6.10 Å². The van der Waals surface area contributed by atoms with Crippen LogP contribution in [-0.2, 0) is 11.2 Å². The van der Waals surface area contributed by atoms with E-state index in [1.165, 1.54) is 5.56 Å². The lowest BCUT2D eigenvalue weighted by Crippen LogP contribution is -2.51. The fourth-order valence-electron chi connectivity index (χ4n) is 2.39. The van der Waals surface area contributed by atoms with Crippen molar-refractivity contribution in [2.24, 2.45) is 5.73 Å². The Morgan fingerprint density at radius 1 is 1.37 bits per heavy atom. The maximum absolute atomic E-state index is 5.68. The molecule has 2 rings (SSSR count). The lowest BCUT2D eigenvalue weighted by Gasteiger charge is -2.37. The van der Waals surface area contributed by atoms with Crippen LogP contribution in [0.3, 0.4) is 0 Å².